The van der Waals surface area contributed by atoms with Gasteiger partial charge >= 0.3 is 5.97 Å². The van der Waals surface area contributed by atoms with E-state index in [1.165, 1.54) is 0 Å². The van der Waals surface area contributed by atoms with Crippen LogP contribution in [-0.2, 0) is 19.1 Å². The van der Waals surface area contributed by atoms with E-state index in [9.17, 15) is 14.4 Å². The van der Waals surface area contributed by atoms with Gasteiger partial charge < -0.3 is 19.6 Å². The molecular weight excluding hydrogens is 324 g/mol. The number of hydrogen-bond acceptors (Lipinski definition) is 4. The van der Waals surface area contributed by atoms with Gasteiger partial charge in [-0.25, -0.2) is 0 Å². The Kier molecular flexibility index (Phi) is 5.61. The Balaban J connectivity index is 1.56. The lowest BCUT2D eigenvalue weighted by molar-refractivity contribution is -0.149. The average Bonchev–Trinajstić information content (AvgIpc) is 2.96. The van der Waals surface area contributed by atoms with E-state index >= 15 is 0 Å². The molecule has 2 aliphatic heterocycles. The van der Waals surface area contributed by atoms with Crippen LogP contribution in [0.25, 0.3) is 0 Å². The van der Waals surface area contributed by atoms with Gasteiger partial charge in [0.25, 0.3) is 0 Å². The minimum absolute atomic E-state index is 0.0290. The number of ether oxygens (including phenoxy) is 1. The lowest BCUT2D eigenvalue weighted by Gasteiger charge is -2.35. The van der Waals surface area contributed by atoms with E-state index in [0.29, 0.717) is 26.2 Å². The molecule has 0 aromatic carbocycles. The van der Waals surface area contributed by atoms with Crippen LogP contribution in [0.2, 0.25) is 0 Å². The summed E-state index contributed by atoms with van der Waals surface area (Å²) in [5.41, 5.74) is 0. The topological polar surface area (TPSA) is 87.2 Å². The molecule has 2 amide bonds. The van der Waals surface area contributed by atoms with Gasteiger partial charge in [-0.15, -0.1) is 0 Å². The first kappa shape index (κ1) is 18.2. The maximum absolute atomic E-state index is 12.8. The van der Waals surface area contributed by atoms with Gasteiger partial charge in [0.2, 0.25) is 11.8 Å². The number of carbonyl (C=O) groups excluding carboxylic acids is 2. The number of likely N-dealkylation sites (tertiary alicyclic amines) is 1. The van der Waals surface area contributed by atoms with Gasteiger partial charge in [-0.2, -0.15) is 0 Å². The molecule has 0 unspecified atom stereocenters. The first-order valence-electron chi connectivity index (χ1n) is 9.35. The van der Waals surface area contributed by atoms with Crippen LogP contribution in [-0.4, -0.2) is 71.1 Å². The Bertz CT molecular complexity index is 530. The molecule has 7 nitrogen and oxygen atoms in total. The Morgan fingerprint density at radius 2 is 1.92 bits per heavy atom. The summed E-state index contributed by atoms with van der Waals surface area (Å²) in [7, 11) is 0. The standard InChI is InChI=1S/C18H28N2O5/c1-12-2-4-14(5-3-12)20-10-13(8-16(20)21)18(24)19-6-7-25-15(11-19)9-17(22)23/h12-15H,2-11H2,1H3,(H,22,23)/t12?,13-,14?,15+/m1/s1. The Morgan fingerprint density at radius 1 is 1.20 bits per heavy atom. The molecule has 0 spiro atoms. The molecule has 25 heavy (non-hydrogen) atoms. The van der Waals surface area contributed by atoms with Crippen LogP contribution in [0.5, 0.6) is 0 Å². The zero-order valence-corrected chi connectivity index (χ0v) is 14.9. The highest BCUT2D eigenvalue weighted by Crippen LogP contribution is 2.32. The molecular formula is C18H28N2O5. The zero-order chi connectivity index (χ0) is 18.0. The fourth-order valence-electron chi connectivity index (χ4n) is 4.30. The highest BCUT2D eigenvalue weighted by atomic mass is 16.5. The van der Waals surface area contributed by atoms with Gasteiger partial charge in [0.15, 0.2) is 0 Å². The highest BCUT2D eigenvalue weighted by Gasteiger charge is 2.41. The number of morpholine rings is 1. The molecule has 2 atom stereocenters. The van der Waals surface area contributed by atoms with Crippen LogP contribution in [0.4, 0.5) is 0 Å². The summed E-state index contributed by atoms with van der Waals surface area (Å²) < 4.78 is 5.43. The number of nitrogens with zero attached hydrogens (tertiary/aromatic N) is 2. The van der Waals surface area contributed by atoms with E-state index < -0.39 is 12.1 Å². The van der Waals surface area contributed by atoms with E-state index in [-0.39, 0.29) is 36.6 Å². The molecule has 2 heterocycles. The fourth-order valence-corrected chi connectivity index (χ4v) is 4.30. The molecule has 1 aliphatic carbocycles. The highest BCUT2D eigenvalue weighted by molar-refractivity contribution is 5.89. The second-order valence-electron chi connectivity index (χ2n) is 7.74. The van der Waals surface area contributed by atoms with Gasteiger partial charge in [-0.1, -0.05) is 6.92 Å². The number of hydrogen-bond donors (Lipinski definition) is 1. The molecule has 140 valence electrons. The quantitative estimate of drug-likeness (QED) is 0.819. The van der Waals surface area contributed by atoms with Gasteiger partial charge in [0.1, 0.15) is 0 Å². The Labute approximate surface area is 148 Å². The summed E-state index contributed by atoms with van der Waals surface area (Å²) >= 11 is 0. The summed E-state index contributed by atoms with van der Waals surface area (Å²) in [5, 5.41) is 8.90. The minimum Gasteiger partial charge on any atom is -0.481 e. The lowest BCUT2D eigenvalue weighted by Crippen LogP contribution is -2.49. The third-order valence-electron chi connectivity index (χ3n) is 5.79. The minimum atomic E-state index is -0.923. The maximum atomic E-state index is 12.8. The number of carbonyl (C=O) groups is 3. The van der Waals surface area contributed by atoms with E-state index in [4.69, 9.17) is 9.84 Å². The van der Waals surface area contributed by atoms with Gasteiger partial charge in [0, 0.05) is 32.1 Å². The van der Waals surface area contributed by atoms with E-state index in [1.54, 1.807) is 4.90 Å². The van der Waals surface area contributed by atoms with Crippen molar-refractivity contribution in [3.05, 3.63) is 0 Å². The van der Waals surface area contributed by atoms with Crippen molar-refractivity contribution in [3.8, 4) is 0 Å². The monoisotopic (exact) mass is 352 g/mol. The van der Waals surface area contributed by atoms with Crippen LogP contribution in [0.15, 0.2) is 0 Å². The van der Waals surface area contributed by atoms with Crippen molar-refractivity contribution in [2.45, 2.75) is 57.6 Å². The average molecular weight is 352 g/mol. The third-order valence-corrected chi connectivity index (χ3v) is 5.79. The van der Waals surface area contributed by atoms with Crippen molar-refractivity contribution in [2.75, 3.05) is 26.2 Å². The van der Waals surface area contributed by atoms with Crippen molar-refractivity contribution in [1.82, 2.24) is 9.80 Å². The Hall–Kier alpha value is -1.63. The molecule has 3 rings (SSSR count). The van der Waals surface area contributed by atoms with Crippen molar-refractivity contribution in [3.63, 3.8) is 0 Å². The maximum Gasteiger partial charge on any atom is 0.306 e. The van der Waals surface area contributed by atoms with Crippen LogP contribution >= 0.6 is 0 Å². The van der Waals surface area contributed by atoms with Crippen LogP contribution in [0, 0.1) is 11.8 Å². The van der Waals surface area contributed by atoms with Crippen molar-refractivity contribution < 1.29 is 24.2 Å². The summed E-state index contributed by atoms with van der Waals surface area (Å²) in [4.78, 5) is 39.7. The lowest BCUT2D eigenvalue weighted by atomic mass is 9.86. The van der Waals surface area contributed by atoms with Gasteiger partial charge in [-0.3, -0.25) is 14.4 Å². The first-order chi connectivity index (χ1) is 11.9. The van der Waals surface area contributed by atoms with E-state index in [0.717, 1.165) is 31.6 Å². The second kappa shape index (κ2) is 7.72. The number of carboxylic acids is 1. The molecule has 2 saturated heterocycles. The zero-order valence-electron chi connectivity index (χ0n) is 14.9. The number of carboxylic acid groups (broad SMARTS) is 1. The molecule has 1 saturated carbocycles. The third kappa shape index (κ3) is 4.32. The van der Waals surface area contributed by atoms with E-state index in [2.05, 4.69) is 6.92 Å². The molecule has 7 heteroatoms. The van der Waals surface area contributed by atoms with Crippen molar-refractivity contribution in [2.24, 2.45) is 11.8 Å². The molecule has 3 fully saturated rings. The van der Waals surface area contributed by atoms with Gasteiger partial charge in [0.05, 0.1) is 25.0 Å². The smallest absolute Gasteiger partial charge is 0.306 e. The van der Waals surface area contributed by atoms with Crippen LogP contribution in [0.3, 0.4) is 0 Å². The van der Waals surface area contributed by atoms with Crippen molar-refractivity contribution in [1.29, 1.82) is 0 Å². The summed E-state index contributed by atoms with van der Waals surface area (Å²) in [6, 6.07) is 0.283. The normalized spacial score (nSPS) is 33.6. The molecule has 3 aliphatic rings. The van der Waals surface area contributed by atoms with Crippen LogP contribution in [0.1, 0.15) is 45.4 Å². The fraction of sp³-hybridized carbons (Fsp3) is 0.833. The summed E-state index contributed by atoms with van der Waals surface area (Å²) in [5.74, 6) is -0.429. The molecule has 0 aromatic heterocycles. The Morgan fingerprint density at radius 3 is 2.60 bits per heavy atom. The first-order valence-corrected chi connectivity index (χ1v) is 9.35. The van der Waals surface area contributed by atoms with Crippen molar-refractivity contribution >= 4 is 17.8 Å². The number of amides is 2. The predicted octanol–water partition coefficient (Wildman–Crippen LogP) is 1.12. The molecule has 0 bridgehead atoms. The molecule has 1 N–H and O–H groups in total. The number of aliphatic carboxylic acids is 1. The molecule has 0 aromatic rings. The summed E-state index contributed by atoms with van der Waals surface area (Å²) in [6.45, 7) is 3.89. The number of rotatable bonds is 4. The largest absolute Gasteiger partial charge is 0.481 e. The molecule has 0 radical (unpaired) electrons. The summed E-state index contributed by atoms with van der Waals surface area (Å²) in [6.07, 6.45) is 4.09. The van der Waals surface area contributed by atoms with E-state index in [1.807, 2.05) is 4.90 Å². The van der Waals surface area contributed by atoms with Gasteiger partial charge in [-0.05, 0) is 31.6 Å². The predicted molar refractivity (Wildman–Crippen MR) is 89.8 cm³/mol. The van der Waals surface area contributed by atoms with Crippen LogP contribution < -0.4 is 0 Å². The second-order valence-corrected chi connectivity index (χ2v) is 7.74. The SMILES string of the molecule is CC1CCC(N2C[C@H](C(=O)N3CCO[C@@H](CC(=O)O)C3)CC2=O)CC1.